The van der Waals surface area contributed by atoms with Gasteiger partial charge >= 0.3 is 0 Å². The summed E-state index contributed by atoms with van der Waals surface area (Å²) < 4.78 is 5.65. The summed E-state index contributed by atoms with van der Waals surface area (Å²) in [5, 5.41) is 8.95. The van der Waals surface area contributed by atoms with Gasteiger partial charge in [-0.3, -0.25) is 4.90 Å². The molecule has 1 aromatic rings. The largest absolute Gasteiger partial charge is 0.424 e. The van der Waals surface area contributed by atoms with E-state index in [0.717, 1.165) is 36.7 Å². The molecule has 0 spiro atoms. The first kappa shape index (κ1) is 12.9. The van der Waals surface area contributed by atoms with Crippen molar-refractivity contribution in [2.24, 2.45) is 0 Å². The molecule has 0 aliphatic carbocycles. The van der Waals surface area contributed by atoms with Crippen LogP contribution in [-0.2, 0) is 6.54 Å². The van der Waals surface area contributed by atoms with Gasteiger partial charge < -0.3 is 4.42 Å². The summed E-state index contributed by atoms with van der Waals surface area (Å²) >= 11 is 2.08. The Morgan fingerprint density at radius 2 is 2.29 bits per heavy atom. The third kappa shape index (κ3) is 3.45. The van der Waals surface area contributed by atoms with Crippen LogP contribution in [0.2, 0.25) is 0 Å². The first-order chi connectivity index (χ1) is 8.19. The highest BCUT2D eigenvalue weighted by molar-refractivity contribution is 8.00. The summed E-state index contributed by atoms with van der Waals surface area (Å²) in [5.74, 6) is 3.04. The molecule has 0 saturated carbocycles. The molecule has 1 saturated heterocycles. The number of nitrogens with zero attached hydrogens (tertiary/aromatic N) is 3. The van der Waals surface area contributed by atoms with Crippen LogP contribution < -0.4 is 0 Å². The number of thioether (sulfide) groups is 1. The normalized spacial score (nSPS) is 22.2. The minimum atomic E-state index is 0.316. The molecule has 1 aliphatic rings. The van der Waals surface area contributed by atoms with Gasteiger partial charge in [0.15, 0.2) is 0 Å². The molecule has 0 radical (unpaired) electrons. The number of aromatic nitrogens is 2. The minimum Gasteiger partial charge on any atom is -0.424 e. The molecule has 2 rings (SSSR count). The van der Waals surface area contributed by atoms with Crippen molar-refractivity contribution in [3.8, 4) is 0 Å². The standard InChI is InChI=1S/C12H21N3OS/c1-4-10-7-15(5-6-17-10)8-11-13-14-12(16-11)9(2)3/h9-10H,4-8H2,1-3H3/t10-/m0/s1. The zero-order valence-electron chi connectivity index (χ0n) is 10.8. The molecule has 0 N–H and O–H groups in total. The maximum atomic E-state index is 5.65. The van der Waals surface area contributed by atoms with Gasteiger partial charge in [-0.15, -0.1) is 10.2 Å². The van der Waals surface area contributed by atoms with Crippen LogP contribution in [0.4, 0.5) is 0 Å². The van der Waals surface area contributed by atoms with E-state index in [0.29, 0.717) is 5.92 Å². The van der Waals surface area contributed by atoms with E-state index >= 15 is 0 Å². The number of rotatable bonds is 4. The lowest BCUT2D eigenvalue weighted by Crippen LogP contribution is -2.37. The fraction of sp³-hybridized carbons (Fsp3) is 0.833. The second kappa shape index (κ2) is 5.87. The highest BCUT2D eigenvalue weighted by Crippen LogP contribution is 2.22. The number of hydrogen-bond acceptors (Lipinski definition) is 5. The molecule has 1 atom stereocenters. The molecule has 5 heteroatoms. The molecule has 4 nitrogen and oxygen atoms in total. The molecular formula is C12H21N3OS. The van der Waals surface area contributed by atoms with Crippen molar-refractivity contribution in [3.05, 3.63) is 11.8 Å². The van der Waals surface area contributed by atoms with E-state index in [1.54, 1.807) is 0 Å². The molecule has 0 bridgehead atoms. The Morgan fingerprint density at radius 3 is 2.94 bits per heavy atom. The highest BCUT2D eigenvalue weighted by atomic mass is 32.2. The Bertz CT molecular complexity index is 353. The van der Waals surface area contributed by atoms with Crippen LogP contribution in [0.5, 0.6) is 0 Å². The van der Waals surface area contributed by atoms with Gasteiger partial charge in [0.2, 0.25) is 11.8 Å². The van der Waals surface area contributed by atoms with Crippen molar-refractivity contribution in [2.45, 2.75) is 44.9 Å². The first-order valence-electron chi connectivity index (χ1n) is 6.35. The van der Waals surface area contributed by atoms with Crippen molar-refractivity contribution < 1.29 is 4.42 Å². The van der Waals surface area contributed by atoms with E-state index in [9.17, 15) is 0 Å². The third-order valence-corrected chi connectivity index (χ3v) is 4.39. The van der Waals surface area contributed by atoms with Crippen LogP contribution in [0.15, 0.2) is 4.42 Å². The zero-order valence-corrected chi connectivity index (χ0v) is 11.7. The second-order valence-corrected chi connectivity index (χ2v) is 6.23. The Morgan fingerprint density at radius 1 is 1.47 bits per heavy atom. The Labute approximate surface area is 107 Å². The summed E-state index contributed by atoms with van der Waals surface area (Å²) in [6.45, 7) is 9.46. The predicted octanol–water partition coefficient (Wildman–Crippen LogP) is 2.52. The average Bonchev–Trinajstić information content (AvgIpc) is 2.78. The summed E-state index contributed by atoms with van der Waals surface area (Å²) in [4.78, 5) is 2.42. The molecule has 0 aromatic carbocycles. The van der Waals surface area contributed by atoms with Crippen LogP contribution in [-0.4, -0.2) is 39.2 Å². The molecule has 0 unspecified atom stereocenters. The fourth-order valence-corrected chi connectivity index (χ4v) is 3.17. The van der Waals surface area contributed by atoms with Crippen molar-refractivity contribution in [2.75, 3.05) is 18.8 Å². The van der Waals surface area contributed by atoms with Gasteiger partial charge in [-0.05, 0) is 6.42 Å². The summed E-state index contributed by atoms with van der Waals surface area (Å²) in [6.07, 6.45) is 1.24. The minimum absolute atomic E-state index is 0.316. The molecule has 96 valence electrons. The summed E-state index contributed by atoms with van der Waals surface area (Å²) in [5.41, 5.74) is 0. The van der Waals surface area contributed by atoms with Crippen LogP contribution in [0.25, 0.3) is 0 Å². The Balaban J connectivity index is 1.91. The van der Waals surface area contributed by atoms with Crippen molar-refractivity contribution >= 4 is 11.8 Å². The SMILES string of the molecule is CC[C@H]1CN(Cc2nnc(C(C)C)o2)CCS1. The van der Waals surface area contributed by atoms with E-state index in [1.807, 2.05) is 0 Å². The van der Waals surface area contributed by atoms with Gasteiger partial charge in [0.25, 0.3) is 0 Å². The molecular weight excluding hydrogens is 234 g/mol. The van der Waals surface area contributed by atoms with Crippen molar-refractivity contribution in [1.82, 2.24) is 15.1 Å². The topological polar surface area (TPSA) is 42.2 Å². The maximum Gasteiger partial charge on any atom is 0.230 e. The third-order valence-electron chi connectivity index (χ3n) is 3.01. The average molecular weight is 255 g/mol. The highest BCUT2D eigenvalue weighted by Gasteiger charge is 2.21. The predicted molar refractivity (Wildman–Crippen MR) is 70.2 cm³/mol. The van der Waals surface area contributed by atoms with Crippen molar-refractivity contribution in [1.29, 1.82) is 0 Å². The van der Waals surface area contributed by atoms with Gasteiger partial charge in [-0.25, -0.2) is 0 Å². The van der Waals surface area contributed by atoms with Gasteiger partial charge in [0, 0.05) is 30.0 Å². The molecule has 0 amide bonds. The van der Waals surface area contributed by atoms with Crippen LogP contribution in [0, 0.1) is 0 Å². The molecule has 17 heavy (non-hydrogen) atoms. The van der Waals surface area contributed by atoms with E-state index in [2.05, 4.69) is 47.6 Å². The lowest BCUT2D eigenvalue weighted by atomic mass is 10.2. The smallest absolute Gasteiger partial charge is 0.230 e. The second-order valence-electron chi connectivity index (χ2n) is 4.82. The summed E-state index contributed by atoms with van der Waals surface area (Å²) in [6, 6.07) is 0. The van der Waals surface area contributed by atoms with E-state index < -0.39 is 0 Å². The maximum absolute atomic E-state index is 5.65. The Hall–Kier alpha value is -0.550. The van der Waals surface area contributed by atoms with Gasteiger partial charge in [0.05, 0.1) is 6.54 Å². The van der Waals surface area contributed by atoms with E-state index in [4.69, 9.17) is 4.42 Å². The first-order valence-corrected chi connectivity index (χ1v) is 7.40. The van der Waals surface area contributed by atoms with Gasteiger partial charge in [0.1, 0.15) is 0 Å². The molecule has 1 aliphatic heterocycles. The van der Waals surface area contributed by atoms with E-state index in [1.165, 1.54) is 12.2 Å². The fourth-order valence-electron chi connectivity index (χ4n) is 1.93. The van der Waals surface area contributed by atoms with Gasteiger partial charge in [-0.1, -0.05) is 20.8 Å². The summed E-state index contributed by atoms with van der Waals surface area (Å²) in [7, 11) is 0. The molecule has 1 aromatic heterocycles. The van der Waals surface area contributed by atoms with Crippen molar-refractivity contribution in [3.63, 3.8) is 0 Å². The van der Waals surface area contributed by atoms with E-state index in [-0.39, 0.29) is 0 Å². The van der Waals surface area contributed by atoms with Crippen LogP contribution in [0.1, 0.15) is 44.9 Å². The quantitative estimate of drug-likeness (QED) is 0.827. The van der Waals surface area contributed by atoms with Gasteiger partial charge in [-0.2, -0.15) is 11.8 Å². The lowest BCUT2D eigenvalue weighted by molar-refractivity contribution is 0.242. The molecule has 1 fully saturated rings. The molecule has 2 heterocycles. The van der Waals surface area contributed by atoms with Crippen LogP contribution >= 0.6 is 11.8 Å². The number of hydrogen-bond donors (Lipinski definition) is 0. The Kier molecular flexibility index (Phi) is 4.45. The van der Waals surface area contributed by atoms with Crippen LogP contribution in [0.3, 0.4) is 0 Å². The monoisotopic (exact) mass is 255 g/mol. The lowest BCUT2D eigenvalue weighted by Gasteiger charge is -2.30. The zero-order chi connectivity index (χ0) is 12.3.